The Kier molecular flexibility index (Phi) is 4.72. The predicted molar refractivity (Wildman–Crippen MR) is 73.2 cm³/mol. The van der Waals surface area contributed by atoms with Gasteiger partial charge in [0.2, 0.25) is 0 Å². The molecule has 0 aromatic carbocycles. The predicted octanol–water partition coefficient (Wildman–Crippen LogP) is 2.13. The van der Waals surface area contributed by atoms with Crippen LogP contribution in [0.5, 0.6) is 0 Å². The summed E-state index contributed by atoms with van der Waals surface area (Å²) in [5.74, 6) is 0. The van der Waals surface area contributed by atoms with Gasteiger partial charge in [-0.1, -0.05) is 6.58 Å². The minimum absolute atomic E-state index is 0.694. The fourth-order valence-electron chi connectivity index (χ4n) is 1.63. The summed E-state index contributed by atoms with van der Waals surface area (Å²) in [6.07, 6.45) is 7.94. The van der Waals surface area contributed by atoms with Crippen LogP contribution in [0.2, 0.25) is 0 Å². The number of rotatable bonds is 7. The minimum atomic E-state index is 0.694. The largest absolute Gasteiger partial charge is 0.502 e. The Labute approximate surface area is 114 Å². The van der Waals surface area contributed by atoms with Crippen LogP contribution in [0.3, 0.4) is 0 Å². The fraction of sp³-hybridized carbons (Fsp3) is 0.333. The topological polar surface area (TPSA) is 51.5 Å². The van der Waals surface area contributed by atoms with Gasteiger partial charge in [0, 0.05) is 12.7 Å². The number of fused-ring (bicyclic) bond motifs is 1. The van der Waals surface area contributed by atoms with Crippen molar-refractivity contribution >= 4 is 21.6 Å². The van der Waals surface area contributed by atoms with Crippen LogP contribution < -0.4 is 5.32 Å². The molecule has 2 aromatic rings. The smallest absolute Gasteiger partial charge is 0.155 e. The molecule has 0 saturated heterocycles. The van der Waals surface area contributed by atoms with Gasteiger partial charge >= 0.3 is 0 Å². The number of hydrogen-bond donors (Lipinski definition) is 1. The van der Waals surface area contributed by atoms with E-state index in [-0.39, 0.29) is 0 Å². The Bertz CT molecular complexity index is 526. The first-order valence-corrected chi connectivity index (χ1v) is 6.51. The third kappa shape index (κ3) is 3.30. The second kappa shape index (κ2) is 6.51. The lowest BCUT2D eigenvalue weighted by Gasteiger charge is -2.05. The number of hydrogen-bond acceptors (Lipinski definition) is 4. The average molecular weight is 311 g/mol. The summed E-state index contributed by atoms with van der Waals surface area (Å²) in [5, 5.41) is 3.35. The quantitative estimate of drug-likeness (QED) is 0.629. The molecule has 5 nitrogen and oxygen atoms in total. The highest BCUT2D eigenvalue weighted by atomic mass is 79.9. The highest BCUT2D eigenvalue weighted by molar-refractivity contribution is 9.10. The summed E-state index contributed by atoms with van der Waals surface area (Å²) in [4.78, 5) is 8.43. The molecule has 6 heteroatoms. The first kappa shape index (κ1) is 13.0. The van der Waals surface area contributed by atoms with Crippen LogP contribution >= 0.6 is 15.9 Å². The minimum Gasteiger partial charge on any atom is -0.502 e. The van der Waals surface area contributed by atoms with E-state index in [9.17, 15) is 0 Å². The van der Waals surface area contributed by atoms with Crippen molar-refractivity contribution in [2.45, 2.75) is 13.0 Å². The van der Waals surface area contributed by atoms with E-state index in [1.165, 1.54) is 6.26 Å². The van der Waals surface area contributed by atoms with Crippen LogP contribution in [0.4, 0.5) is 0 Å². The van der Waals surface area contributed by atoms with Crippen LogP contribution in [0, 0.1) is 0 Å². The normalized spacial score (nSPS) is 10.7. The first-order chi connectivity index (χ1) is 8.81. The SMILES string of the molecule is C=COCCCNCc1cnc2cnc(Br)cn12. The van der Waals surface area contributed by atoms with E-state index in [2.05, 4.69) is 37.8 Å². The second-order valence-electron chi connectivity index (χ2n) is 3.76. The zero-order valence-electron chi connectivity index (χ0n) is 9.97. The summed E-state index contributed by atoms with van der Waals surface area (Å²) in [6.45, 7) is 5.86. The maximum absolute atomic E-state index is 5.05. The molecule has 0 unspecified atom stereocenters. The highest BCUT2D eigenvalue weighted by Gasteiger charge is 2.03. The van der Waals surface area contributed by atoms with E-state index in [0.29, 0.717) is 6.61 Å². The molecule has 0 atom stereocenters. The number of halogens is 1. The van der Waals surface area contributed by atoms with Gasteiger partial charge in [0.1, 0.15) is 4.60 Å². The molecule has 0 amide bonds. The maximum atomic E-state index is 5.05. The molecule has 0 radical (unpaired) electrons. The lowest BCUT2D eigenvalue weighted by atomic mass is 10.4. The summed E-state index contributed by atoms with van der Waals surface area (Å²) >= 11 is 3.36. The molecule has 0 spiro atoms. The molecule has 0 saturated carbocycles. The lowest BCUT2D eigenvalue weighted by molar-refractivity contribution is 0.244. The summed E-state index contributed by atoms with van der Waals surface area (Å²) in [6, 6.07) is 0. The van der Waals surface area contributed by atoms with Crippen LogP contribution in [-0.2, 0) is 11.3 Å². The van der Waals surface area contributed by atoms with Gasteiger partial charge in [-0.05, 0) is 28.9 Å². The van der Waals surface area contributed by atoms with Crippen LogP contribution in [-0.4, -0.2) is 27.5 Å². The Hall–Kier alpha value is -1.40. The zero-order chi connectivity index (χ0) is 12.8. The van der Waals surface area contributed by atoms with Gasteiger partial charge in [0.25, 0.3) is 0 Å². The Balaban J connectivity index is 1.87. The van der Waals surface area contributed by atoms with Crippen molar-refractivity contribution < 1.29 is 4.74 Å². The average Bonchev–Trinajstić information content (AvgIpc) is 2.76. The van der Waals surface area contributed by atoms with Gasteiger partial charge in [-0.3, -0.25) is 4.40 Å². The van der Waals surface area contributed by atoms with Crippen molar-refractivity contribution in [1.82, 2.24) is 19.7 Å². The third-order valence-corrected chi connectivity index (χ3v) is 2.89. The Morgan fingerprint density at radius 3 is 3.17 bits per heavy atom. The molecule has 18 heavy (non-hydrogen) atoms. The number of aromatic nitrogens is 3. The van der Waals surface area contributed by atoms with Gasteiger partial charge in [-0.15, -0.1) is 0 Å². The van der Waals surface area contributed by atoms with Crippen LogP contribution in [0.15, 0.2) is 36.0 Å². The zero-order valence-corrected chi connectivity index (χ0v) is 11.6. The first-order valence-electron chi connectivity index (χ1n) is 5.72. The molecule has 0 aliphatic carbocycles. The molecule has 0 bridgehead atoms. The van der Waals surface area contributed by atoms with E-state index in [1.54, 1.807) is 6.20 Å². The van der Waals surface area contributed by atoms with Gasteiger partial charge in [-0.2, -0.15) is 0 Å². The standard InChI is InChI=1S/C12H15BrN4O/c1-2-18-5-3-4-14-6-10-7-16-12-8-15-11(13)9-17(10)12/h2,7-9,14H,1,3-6H2. The van der Waals surface area contributed by atoms with E-state index in [0.717, 1.165) is 35.5 Å². The van der Waals surface area contributed by atoms with Gasteiger partial charge in [0.05, 0.1) is 31.0 Å². The molecular weight excluding hydrogens is 296 g/mol. The highest BCUT2D eigenvalue weighted by Crippen LogP contribution is 2.10. The second-order valence-corrected chi connectivity index (χ2v) is 4.57. The van der Waals surface area contributed by atoms with E-state index >= 15 is 0 Å². The van der Waals surface area contributed by atoms with E-state index in [1.807, 2.05) is 16.8 Å². The Morgan fingerprint density at radius 1 is 1.44 bits per heavy atom. The maximum Gasteiger partial charge on any atom is 0.155 e. The molecule has 2 rings (SSSR count). The van der Waals surface area contributed by atoms with Crippen molar-refractivity contribution in [3.8, 4) is 0 Å². The molecule has 0 aliphatic heterocycles. The van der Waals surface area contributed by atoms with Gasteiger partial charge < -0.3 is 10.1 Å². The summed E-state index contributed by atoms with van der Waals surface area (Å²) in [7, 11) is 0. The van der Waals surface area contributed by atoms with Crippen molar-refractivity contribution in [3.63, 3.8) is 0 Å². The number of imidazole rings is 1. The molecule has 2 heterocycles. The van der Waals surface area contributed by atoms with Crippen molar-refractivity contribution in [3.05, 3.63) is 41.7 Å². The molecule has 1 N–H and O–H groups in total. The van der Waals surface area contributed by atoms with Gasteiger partial charge in [0.15, 0.2) is 5.65 Å². The Morgan fingerprint density at radius 2 is 2.33 bits per heavy atom. The van der Waals surface area contributed by atoms with Crippen LogP contribution in [0.1, 0.15) is 12.1 Å². The molecule has 0 fully saturated rings. The fourth-order valence-corrected chi connectivity index (χ4v) is 1.93. The van der Waals surface area contributed by atoms with Crippen LogP contribution in [0.25, 0.3) is 5.65 Å². The van der Waals surface area contributed by atoms with Crippen molar-refractivity contribution in [1.29, 1.82) is 0 Å². The van der Waals surface area contributed by atoms with Gasteiger partial charge in [-0.25, -0.2) is 9.97 Å². The number of ether oxygens (including phenoxy) is 1. The number of nitrogens with zero attached hydrogens (tertiary/aromatic N) is 3. The monoisotopic (exact) mass is 310 g/mol. The van der Waals surface area contributed by atoms with E-state index in [4.69, 9.17) is 4.74 Å². The van der Waals surface area contributed by atoms with E-state index < -0.39 is 0 Å². The third-order valence-electron chi connectivity index (χ3n) is 2.48. The molecule has 0 aliphatic rings. The summed E-state index contributed by atoms with van der Waals surface area (Å²) in [5.41, 5.74) is 1.96. The van der Waals surface area contributed by atoms with Crippen molar-refractivity contribution in [2.24, 2.45) is 0 Å². The molecular formula is C12H15BrN4O. The molecule has 2 aromatic heterocycles. The molecule has 96 valence electrons. The van der Waals surface area contributed by atoms with Crippen molar-refractivity contribution in [2.75, 3.05) is 13.2 Å². The lowest BCUT2D eigenvalue weighted by Crippen LogP contribution is -2.17. The summed E-state index contributed by atoms with van der Waals surface area (Å²) < 4.78 is 7.87. The number of nitrogens with one attached hydrogen (secondary N) is 1.